The number of anilines is 1. The van der Waals surface area contributed by atoms with Crippen molar-refractivity contribution in [3.8, 4) is 0 Å². The van der Waals surface area contributed by atoms with Crippen molar-refractivity contribution in [2.45, 2.75) is 44.7 Å². The SMILES string of the molecule is Cc1ccc(C(=O)NC2CC2)cc1NC(=O)N1CCC[C@@H]1c1ccccc1Cl. The first-order valence-electron chi connectivity index (χ1n) is 9.76. The van der Waals surface area contributed by atoms with Gasteiger partial charge in [-0.15, -0.1) is 0 Å². The molecule has 1 aliphatic carbocycles. The van der Waals surface area contributed by atoms with Crippen molar-refractivity contribution in [2.24, 2.45) is 0 Å². The van der Waals surface area contributed by atoms with Crippen LogP contribution in [0.5, 0.6) is 0 Å². The second-order valence-electron chi connectivity index (χ2n) is 7.58. The van der Waals surface area contributed by atoms with Crippen molar-refractivity contribution in [3.05, 3.63) is 64.2 Å². The van der Waals surface area contributed by atoms with Crippen LogP contribution >= 0.6 is 11.6 Å². The molecule has 146 valence electrons. The summed E-state index contributed by atoms with van der Waals surface area (Å²) in [7, 11) is 0. The van der Waals surface area contributed by atoms with Crippen LogP contribution in [-0.4, -0.2) is 29.4 Å². The minimum absolute atomic E-state index is 0.0321. The van der Waals surface area contributed by atoms with E-state index in [1.54, 1.807) is 12.1 Å². The van der Waals surface area contributed by atoms with Crippen molar-refractivity contribution in [2.75, 3.05) is 11.9 Å². The number of likely N-dealkylation sites (tertiary alicyclic amines) is 1. The van der Waals surface area contributed by atoms with Gasteiger partial charge in [0.25, 0.3) is 5.91 Å². The Morgan fingerprint density at radius 2 is 1.89 bits per heavy atom. The van der Waals surface area contributed by atoms with Gasteiger partial charge < -0.3 is 15.5 Å². The van der Waals surface area contributed by atoms with Gasteiger partial charge in [-0.2, -0.15) is 0 Å². The summed E-state index contributed by atoms with van der Waals surface area (Å²) >= 11 is 6.36. The Labute approximate surface area is 170 Å². The number of urea groups is 1. The topological polar surface area (TPSA) is 61.4 Å². The molecular formula is C22H24ClN3O2. The molecule has 28 heavy (non-hydrogen) atoms. The number of nitrogens with one attached hydrogen (secondary N) is 2. The molecule has 0 bridgehead atoms. The average Bonchev–Trinajstić information content (AvgIpc) is 3.36. The van der Waals surface area contributed by atoms with Crippen LogP contribution in [0.1, 0.15) is 53.2 Å². The number of hydrogen-bond acceptors (Lipinski definition) is 2. The lowest BCUT2D eigenvalue weighted by atomic mass is 10.0. The highest BCUT2D eigenvalue weighted by atomic mass is 35.5. The zero-order valence-electron chi connectivity index (χ0n) is 15.9. The second kappa shape index (κ2) is 7.84. The van der Waals surface area contributed by atoms with Crippen molar-refractivity contribution in [3.63, 3.8) is 0 Å². The molecule has 1 atom stereocenters. The quantitative estimate of drug-likeness (QED) is 0.769. The van der Waals surface area contributed by atoms with Crippen LogP contribution in [0.2, 0.25) is 5.02 Å². The summed E-state index contributed by atoms with van der Waals surface area (Å²) in [6, 6.07) is 13.2. The number of rotatable bonds is 4. The van der Waals surface area contributed by atoms with Crippen LogP contribution in [0.3, 0.4) is 0 Å². The zero-order valence-corrected chi connectivity index (χ0v) is 16.6. The van der Waals surface area contributed by atoms with Gasteiger partial charge in [0.15, 0.2) is 0 Å². The Hall–Kier alpha value is -2.53. The highest BCUT2D eigenvalue weighted by Crippen LogP contribution is 2.36. The van der Waals surface area contributed by atoms with Crippen molar-refractivity contribution in [1.29, 1.82) is 0 Å². The molecule has 0 aromatic heterocycles. The fourth-order valence-electron chi connectivity index (χ4n) is 3.66. The monoisotopic (exact) mass is 397 g/mol. The normalized spacial score (nSPS) is 18.8. The fourth-order valence-corrected chi connectivity index (χ4v) is 3.92. The molecule has 1 heterocycles. The number of hydrogen-bond donors (Lipinski definition) is 2. The summed E-state index contributed by atoms with van der Waals surface area (Å²) < 4.78 is 0. The van der Waals surface area contributed by atoms with Gasteiger partial charge in [-0.25, -0.2) is 4.79 Å². The van der Waals surface area contributed by atoms with Crippen LogP contribution in [-0.2, 0) is 0 Å². The van der Waals surface area contributed by atoms with E-state index in [1.807, 2.05) is 42.2 Å². The van der Waals surface area contributed by atoms with Gasteiger partial charge >= 0.3 is 6.03 Å². The van der Waals surface area contributed by atoms with Crippen molar-refractivity contribution >= 4 is 29.2 Å². The predicted molar refractivity (Wildman–Crippen MR) is 111 cm³/mol. The fraction of sp³-hybridized carbons (Fsp3) is 0.364. The Morgan fingerprint density at radius 3 is 2.64 bits per heavy atom. The lowest BCUT2D eigenvalue weighted by Crippen LogP contribution is -2.35. The molecule has 2 aromatic carbocycles. The number of aryl methyl sites for hydroxylation is 1. The average molecular weight is 398 g/mol. The molecule has 5 nitrogen and oxygen atoms in total. The van der Waals surface area contributed by atoms with Gasteiger partial charge in [-0.1, -0.05) is 35.9 Å². The lowest BCUT2D eigenvalue weighted by Gasteiger charge is -2.26. The third kappa shape index (κ3) is 3.99. The molecule has 1 saturated heterocycles. The number of nitrogens with zero attached hydrogens (tertiary/aromatic N) is 1. The number of halogens is 1. The summed E-state index contributed by atoms with van der Waals surface area (Å²) in [5, 5.41) is 6.67. The van der Waals surface area contributed by atoms with Gasteiger partial charge in [0.1, 0.15) is 0 Å². The molecule has 0 spiro atoms. The van der Waals surface area contributed by atoms with Gasteiger partial charge in [-0.05, 0) is 61.9 Å². The van der Waals surface area contributed by atoms with Crippen molar-refractivity contribution in [1.82, 2.24) is 10.2 Å². The molecule has 4 rings (SSSR count). The molecule has 2 aliphatic rings. The summed E-state index contributed by atoms with van der Waals surface area (Å²) in [4.78, 5) is 27.2. The van der Waals surface area contributed by atoms with Crippen LogP contribution in [0.15, 0.2) is 42.5 Å². The van der Waals surface area contributed by atoms with Gasteiger partial charge in [0.2, 0.25) is 0 Å². The van der Waals surface area contributed by atoms with E-state index in [0.717, 1.165) is 36.8 Å². The van der Waals surface area contributed by atoms with Crippen LogP contribution in [0.25, 0.3) is 0 Å². The molecule has 1 saturated carbocycles. The van der Waals surface area contributed by atoms with Crippen LogP contribution in [0.4, 0.5) is 10.5 Å². The molecule has 1 aliphatic heterocycles. The predicted octanol–water partition coefficient (Wildman–Crippen LogP) is 4.91. The van der Waals surface area contributed by atoms with E-state index in [1.165, 1.54) is 0 Å². The number of amides is 3. The van der Waals surface area contributed by atoms with Crippen LogP contribution in [0, 0.1) is 6.92 Å². The minimum atomic E-state index is -0.162. The van der Waals surface area contributed by atoms with E-state index in [4.69, 9.17) is 11.6 Å². The van der Waals surface area contributed by atoms with Gasteiger partial charge in [-0.3, -0.25) is 4.79 Å². The Morgan fingerprint density at radius 1 is 1.11 bits per heavy atom. The number of carbonyl (C=O) groups is 2. The standard InChI is InChI=1S/C22H24ClN3O2/c1-14-8-9-15(21(27)24-16-10-11-16)13-19(14)25-22(28)26-12-4-7-20(26)17-5-2-3-6-18(17)23/h2-3,5-6,8-9,13,16,20H,4,7,10-12H2,1H3,(H,24,27)(H,25,28)/t20-/m1/s1. The summed E-state index contributed by atoms with van der Waals surface area (Å²) in [5.74, 6) is -0.0897. The lowest BCUT2D eigenvalue weighted by molar-refractivity contribution is 0.0951. The first kappa shape index (κ1) is 18.8. The minimum Gasteiger partial charge on any atom is -0.349 e. The Kier molecular flexibility index (Phi) is 5.27. The third-order valence-corrected chi connectivity index (χ3v) is 5.78. The van der Waals surface area contributed by atoms with E-state index >= 15 is 0 Å². The van der Waals surface area contributed by atoms with Crippen LogP contribution < -0.4 is 10.6 Å². The summed E-state index contributed by atoms with van der Waals surface area (Å²) in [6.07, 6.45) is 3.91. The molecular weight excluding hydrogens is 374 g/mol. The molecule has 6 heteroatoms. The Bertz CT molecular complexity index is 910. The summed E-state index contributed by atoms with van der Waals surface area (Å²) in [6.45, 7) is 2.61. The van der Waals surface area contributed by atoms with E-state index in [9.17, 15) is 9.59 Å². The third-order valence-electron chi connectivity index (χ3n) is 5.43. The second-order valence-corrected chi connectivity index (χ2v) is 7.99. The van der Waals surface area contributed by atoms with E-state index in [0.29, 0.717) is 28.9 Å². The summed E-state index contributed by atoms with van der Waals surface area (Å²) in [5.41, 5.74) is 3.13. The number of carbonyl (C=O) groups excluding carboxylic acids is 2. The molecule has 2 N–H and O–H groups in total. The maximum absolute atomic E-state index is 13.0. The maximum atomic E-state index is 13.0. The highest BCUT2D eigenvalue weighted by molar-refractivity contribution is 6.31. The largest absolute Gasteiger partial charge is 0.349 e. The highest BCUT2D eigenvalue weighted by Gasteiger charge is 2.31. The zero-order chi connectivity index (χ0) is 19.7. The first-order valence-corrected chi connectivity index (χ1v) is 10.1. The maximum Gasteiger partial charge on any atom is 0.322 e. The molecule has 0 radical (unpaired) electrons. The molecule has 0 unspecified atom stereocenters. The van der Waals surface area contributed by atoms with E-state index in [-0.39, 0.29) is 18.0 Å². The van der Waals surface area contributed by atoms with Gasteiger partial charge in [0.05, 0.1) is 6.04 Å². The smallest absolute Gasteiger partial charge is 0.322 e. The Balaban J connectivity index is 1.51. The van der Waals surface area contributed by atoms with E-state index in [2.05, 4.69) is 10.6 Å². The van der Waals surface area contributed by atoms with Crippen molar-refractivity contribution < 1.29 is 9.59 Å². The van der Waals surface area contributed by atoms with Gasteiger partial charge in [0, 0.05) is 28.9 Å². The van der Waals surface area contributed by atoms with E-state index < -0.39 is 0 Å². The molecule has 3 amide bonds. The molecule has 2 fully saturated rings. The molecule has 2 aromatic rings. The number of benzene rings is 2. The first-order chi connectivity index (χ1) is 13.5.